The number of nitrogens with zero attached hydrogens (tertiary/aromatic N) is 1. The molecule has 2 aromatic heterocycles. The highest BCUT2D eigenvalue weighted by Crippen LogP contribution is 2.23. The minimum Gasteiger partial charge on any atom is -0.453 e. The third-order valence-electron chi connectivity index (χ3n) is 3.74. The van der Waals surface area contributed by atoms with Crippen molar-refractivity contribution in [2.75, 3.05) is 20.3 Å². The second kappa shape index (κ2) is 8.09. The maximum Gasteiger partial charge on any atom is 0.348 e. The largest absolute Gasteiger partial charge is 0.453 e. The van der Waals surface area contributed by atoms with E-state index in [1.807, 2.05) is 26.8 Å². The van der Waals surface area contributed by atoms with Crippen molar-refractivity contribution in [3.63, 3.8) is 0 Å². The van der Waals surface area contributed by atoms with E-state index in [1.165, 1.54) is 11.3 Å². The van der Waals surface area contributed by atoms with Crippen molar-refractivity contribution in [1.29, 1.82) is 0 Å². The first-order valence-corrected chi connectivity index (χ1v) is 9.09. The fraction of sp³-hybridized carbons (Fsp3) is 0.412. The summed E-state index contributed by atoms with van der Waals surface area (Å²) >= 11 is 4.57. The van der Waals surface area contributed by atoms with E-state index in [-0.39, 0.29) is 18.4 Å². The minimum absolute atomic E-state index is 0.127. The average molecular weight is 414 g/mol. The molecular formula is C17H20BrNO4S. The Labute approximate surface area is 153 Å². The maximum atomic E-state index is 12.4. The monoisotopic (exact) mass is 413 g/mol. The molecule has 1 unspecified atom stereocenters. The summed E-state index contributed by atoms with van der Waals surface area (Å²) in [6, 6.07) is 5.40. The van der Waals surface area contributed by atoms with Crippen molar-refractivity contribution in [3.05, 3.63) is 43.8 Å². The molecule has 0 N–H and O–H groups in total. The summed E-state index contributed by atoms with van der Waals surface area (Å²) in [6.45, 7) is 6.17. The SMILES string of the molecule is COCC(C)n1c(C)cc(C(=O)COC(=O)c2ccc(Br)s2)c1C. The number of halogens is 1. The summed E-state index contributed by atoms with van der Waals surface area (Å²) in [5.74, 6) is -0.691. The first-order chi connectivity index (χ1) is 11.3. The number of aromatic nitrogens is 1. The van der Waals surface area contributed by atoms with Crippen LogP contribution in [0.5, 0.6) is 0 Å². The lowest BCUT2D eigenvalue weighted by molar-refractivity contribution is 0.0479. The number of methoxy groups -OCH3 is 1. The molecular weight excluding hydrogens is 394 g/mol. The van der Waals surface area contributed by atoms with Crippen LogP contribution >= 0.6 is 27.3 Å². The van der Waals surface area contributed by atoms with Crippen molar-refractivity contribution in [3.8, 4) is 0 Å². The van der Waals surface area contributed by atoms with Crippen molar-refractivity contribution in [1.82, 2.24) is 4.57 Å². The molecule has 0 bridgehead atoms. The Hall–Kier alpha value is -1.44. The smallest absolute Gasteiger partial charge is 0.348 e. The number of thiophene rings is 1. The highest BCUT2D eigenvalue weighted by molar-refractivity contribution is 9.11. The Balaban J connectivity index is 2.07. The van der Waals surface area contributed by atoms with E-state index < -0.39 is 5.97 Å². The molecule has 0 spiro atoms. The predicted molar refractivity (Wildman–Crippen MR) is 97.1 cm³/mol. The normalized spacial score (nSPS) is 12.2. The van der Waals surface area contributed by atoms with Crippen LogP contribution in [0.3, 0.4) is 0 Å². The molecule has 2 aromatic rings. The standard InChI is InChI=1S/C17H20BrNO4S/c1-10-7-13(12(3)19(10)11(2)8-22-4)14(20)9-23-17(21)15-5-6-16(18)24-15/h5-7,11H,8-9H2,1-4H3. The summed E-state index contributed by atoms with van der Waals surface area (Å²) in [5, 5.41) is 0. The van der Waals surface area contributed by atoms with E-state index in [4.69, 9.17) is 9.47 Å². The van der Waals surface area contributed by atoms with E-state index in [2.05, 4.69) is 20.5 Å². The Morgan fingerprint density at radius 3 is 2.62 bits per heavy atom. The van der Waals surface area contributed by atoms with Crippen LogP contribution in [0.15, 0.2) is 22.0 Å². The quantitative estimate of drug-likeness (QED) is 0.504. The molecule has 0 fully saturated rings. The lowest BCUT2D eigenvalue weighted by Crippen LogP contribution is -2.16. The van der Waals surface area contributed by atoms with Gasteiger partial charge in [0.15, 0.2) is 6.61 Å². The molecule has 5 nitrogen and oxygen atoms in total. The number of aryl methyl sites for hydroxylation is 1. The molecule has 130 valence electrons. The fourth-order valence-electron chi connectivity index (χ4n) is 2.76. The van der Waals surface area contributed by atoms with Gasteiger partial charge in [-0.3, -0.25) is 4.79 Å². The van der Waals surface area contributed by atoms with Gasteiger partial charge in [-0.2, -0.15) is 0 Å². The molecule has 0 saturated carbocycles. The van der Waals surface area contributed by atoms with Gasteiger partial charge >= 0.3 is 5.97 Å². The van der Waals surface area contributed by atoms with Gasteiger partial charge in [-0.25, -0.2) is 4.79 Å². The molecule has 0 aliphatic rings. The number of hydrogen-bond acceptors (Lipinski definition) is 5. The lowest BCUT2D eigenvalue weighted by atomic mass is 10.1. The summed E-state index contributed by atoms with van der Waals surface area (Å²) in [6.07, 6.45) is 0. The fourth-order valence-corrected chi connectivity index (χ4v) is 4.04. The van der Waals surface area contributed by atoms with Crippen LogP contribution in [0, 0.1) is 13.8 Å². The van der Waals surface area contributed by atoms with E-state index >= 15 is 0 Å². The number of hydrogen-bond donors (Lipinski definition) is 0. The number of carbonyl (C=O) groups is 2. The zero-order valence-corrected chi connectivity index (χ0v) is 16.5. The summed E-state index contributed by atoms with van der Waals surface area (Å²) in [7, 11) is 1.65. The molecule has 0 amide bonds. The molecule has 0 radical (unpaired) electrons. The summed E-state index contributed by atoms with van der Waals surface area (Å²) < 4.78 is 13.2. The lowest BCUT2D eigenvalue weighted by Gasteiger charge is -2.17. The van der Waals surface area contributed by atoms with Gasteiger partial charge in [0, 0.05) is 24.1 Å². The van der Waals surface area contributed by atoms with Crippen LogP contribution < -0.4 is 0 Å². The van der Waals surface area contributed by atoms with E-state index in [1.54, 1.807) is 19.2 Å². The molecule has 7 heteroatoms. The molecule has 0 aliphatic carbocycles. The Bertz CT molecular complexity index is 750. The van der Waals surface area contributed by atoms with Gasteiger partial charge in [0.25, 0.3) is 0 Å². The Morgan fingerprint density at radius 1 is 1.33 bits per heavy atom. The van der Waals surface area contributed by atoms with Crippen LogP contribution in [0.2, 0.25) is 0 Å². The number of carbonyl (C=O) groups excluding carboxylic acids is 2. The molecule has 0 aromatic carbocycles. The number of ketones is 1. The van der Waals surface area contributed by atoms with Crippen LogP contribution in [-0.2, 0) is 9.47 Å². The third-order valence-corrected chi connectivity index (χ3v) is 5.35. The van der Waals surface area contributed by atoms with Crippen LogP contribution in [-0.4, -0.2) is 36.6 Å². The summed E-state index contributed by atoms with van der Waals surface area (Å²) in [5.41, 5.74) is 2.42. The van der Waals surface area contributed by atoms with Gasteiger partial charge < -0.3 is 14.0 Å². The second-order valence-electron chi connectivity index (χ2n) is 5.56. The first kappa shape index (κ1) is 18.9. The Kier molecular flexibility index (Phi) is 6.37. The highest BCUT2D eigenvalue weighted by Gasteiger charge is 2.20. The molecule has 2 heterocycles. The minimum atomic E-state index is -0.486. The second-order valence-corrected chi connectivity index (χ2v) is 8.03. The topological polar surface area (TPSA) is 57.5 Å². The van der Waals surface area contributed by atoms with Crippen LogP contribution in [0.25, 0.3) is 0 Å². The number of rotatable bonds is 7. The van der Waals surface area contributed by atoms with E-state index in [0.29, 0.717) is 17.0 Å². The van der Waals surface area contributed by atoms with Gasteiger partial charge in [0.1, 0.15) is 4.88 Å². The average Bonchev–Trinajstić information content (AvgIpc) is 3.08. The predicted octanol–water partition coefficient (Wildman–Crippen LogP) is 4.18. The molecule has 0 saturated heterocycles. The number of Topliss-reactive ketones (excluding diaryl/α,β-unsaturated/α-hetero) is 1. The van der Waals surface area contributed by atoms with Gasteiger partial charge in [-0.05, 0) is 54.9 Å². The van der Waals surface area contributed by atoms with Crippen molar-refractivity contribution >= 4 is 39.0 Å². The molecule has 1 atom stereocenters. The van der Waals surface area contributed by atoms with Crippen LogP contribution in [0.1, 0.15) is 44.4 Å². The first-order valence-electron chi connectivity index (χ1n) is 7.48. The molecule has 2 rings (SSSR count). The summed E-state index contributed by atoms with van der Waals surface area (Å²) in [4.78, 5) is 24.8. The van der Waals surface area contributed by atoms with Crippen LogP contribution in [0.4, 0.5) is 0 Å². The number of ether oxygens (including phenoxy) is 2. The zero-order valence-electron chi connectivity index (χ0n) is 14.1. The van der Waals surface area contributed by atoms with E-state index in [0.717, 1.165) is 15.2 Å². The van der Waals surface area contributed by atoms with Gasteiger partial charge in [0.2, 0.25) is 5.78 Å². The van der Waals surface area contributed by atoms with Crippen molar-refractivity contribution in [2.24, 2.45) is 0 Å². The van der Waals surface area contributed by atoms with E-state index in [9.17, 15) is 9.59 Å². The van der Waals surface area contributed by atoms with Gasteiger partial charge in [-0.15, -0.1) is 11.3 Å². The molecule has 0 aliphatic heterocycles. The Morgan fingerprint density at radius 2 is 2.04 bits per heavy atom. The van der Waals surface area contributed by atoms with Crippen molar-refractivity contribution in [2.45, 2.75) is 26.8 Å². The number of esters is 1. The molecule has 24 heavy (non-hydrogen) atoms. The van der Waals surface area contributed by atoms with Crippen molar-refractivity contribution < 1.29 is 19.1 Å². The third kappa shape index (κ3) is 4.15. The highest BCUT2D eigenvalue weighted by atomic mass is 79.9. The van der Waals surface area contributed by atoms with Gasteiger partial charge in [-0.1, -0.05) is 0 Å². The van der Waals surface area contributed by atoms with Gasteiger partial charge in [0.05, 0.1) is 16.4 Å². The maximum absolute atomic E-state index is 12.4. The zero-order chi connectivity index (χ0) is 17.9.